The molecule has 1 aliphatic rings. The normalized spacial score (nSPS) is 17.3. The first kappa shape index (κ1) is 65.7. The number of likely N-dealkylation sites (N-methyl/N-ethyl adjacent to an activating group) is 2. The summed E-state index contributed by atoms with van der Waals surface area (Å²) >= 11 is 1.39. The van der Waals surface area contributed by atoms with Crippen LogP contribution in [0.4, 0.5) is 0 Å². The van der Waals surface area contributed by atoms with E-state index in [9.17, 15) is 33.6 Å². The summed E-state index contributed by atoms with van der Waals surface area (Å²) in [6.07, 6.45) is 1.61. The monoisotopic (exact) mass is 1070 g/mol. The highest BCUT2D eigenvalue weighted by atomic mass is 32.2. The average molecular weight is 1070 g/mol. The first-order valence-corrected chi connectivity index (χ1v) is 27.3. The molecular formula is C56H90N8O10S. The van der Waals surface area contributed by atoms with Gasteiger partial charge >= 0.3 is 5.97 Å². The Kier molecular flexibility index (Phi) is 28.3. The third-order valence-electron chi connectivity index (χ3n) is 14.0. The molecule has 19 heteroatoms. The largest absolute Gasteiger partial charge is 0.452 e. The van der Waals surface area contributed by atoms with Crippen LogP contribution in [0.3, 0.4) is 0 Å². The predicted octanol–water partition coefficient (Wildman–Crippen LogP) is 6.08. The fraction of sp³-hybridized carbons (Fsp3) is 0.643. The fourth-order valence-corrected chi connectivity index (χ4v) is 10.1. The number of amides is 6. The zero-order valence-corrected chi connectivity index (χ0v) is 47.4. The van der Waals surface area contributed by atoms with Crippen LogP contribution in [0, 0.1) is 23.7 Å². The number of rotatable bonds is 29. The van der Waals surface area contributed by atoms with Crippen molar-refractivity contribution in [1.82, 2.24) is 36.1 Å². The van der Waals surface area contributed by atoms with Gasteiger partial charge < -0.3 is 40.0 Å². The van der Waals surface area contributed by atoms with Crippen molar-refractivity contribution in [2.24, 2.45) is 28.8 Å². The molecule has 0 aromatic heterocycles. The van der Waals surface area contributed by atoms with Gasteiger partial charge in [0.25, 0.3) is 0 Å². The number of nitrogens with one attached hydrogen (secondary N) is 4. The summed E-state index contributed by atoms with van der Waals surface area (Å²) in [6, 6.07) is 12.9. The van der Waals surface area contributed by atoms with Crippen LogP contribution in [-0.2, 0) is 43.0 Å². The lowest BCUT2D eigenvalue weighted by molar-refractivity contribution is -0.148. The molecule has 0 saturated carbocycles. The number of hydrogen-bond donors (Lipinski definition) is 4. The van der Waals surface area contributed by atoms with Crippen molar-refractivity contribution in [2.45, 2.75) is 150 Å². The molecule has 0 unspecified atom stereocenters. The Morgan fingerprint density at radius 2 is 1.45 bits per heavy atom. The van der Waals surface area contributed by atoms with E-state index in [2.05, 4.69) is 26.5 Å². The molecule has 1 saturated heterocycles. The first-order chi connectivity index (χ1) is 35.0. The Morgan fingerprint density at radius 1 is 0.827 bits per heavy atom. The first-order valence-electron chi connectivity index (χ1n) is 25.9. The van der Waals surface area contributed by atoms with Gasteiger partial charge in [0.1, 0.15) is 12.1 Å². The topological polar surface area (TPSA) is 217 Å². The molecule has 0 aliphatic carbocycles. The van der Waals surface area contributed by atoms with Crippen LogP contribution in [0.15, 0.2) is 59.7 Å². The summed E-state index contributed by atoms with van der Waals surface area (Å²) in [5.41, 5.74) is 4.58. The number of nitrogens with zero attached hydrogens (tertiary/aromatic N) is 4. The van der Waals surface area contributed by atoms with Gasteiger partial charge in [-0.3, -0.25) is 33.7 Å². The van der Waals surface area contributed by atoms with Crippen molar-refractivity contribution in [3.8, 4) is 0 Å². The Hall–Kier alpha value is -5.37. The number of methoxy groups -OCH3 is 2. The minimum Gasteiger partial charge on any atom is -0.452 e. The third-order valence-corrected chi connectivity index (χ3v) is 14.5. The van der Waals surface area contributed by atoms with Crippen molar-refractivity contribution in [3.05, 3.63) is 71.3 Å². The highest BCUT2D eigenvalue weighted by molar-refractivity contribution is 7.99. The quantitative estimate of drug-likeness (QED) is 0.0414. The number of ether oxygens (including phenoxy) is 3. The van der Waals surface area contributed by atoms with Crippen LogP contribution in [-0.4, -0.2) is 165 Å². The standard InChI is InChI=1S/C55H86N8O10S.CH4/c1-16-35(6)49(62(12)54(69)47(33(2)3)58-53(68)48(34(4)5)61(10)11)43(71-13)31-46(66)63-30-20-23-42(63)50(72-14)36(7)52(67)57-38(9)51(40-21-18-17-19-22-40)73-55(70)41-26-24-39(25-27-41)37(8)59-60-44(64)28-29-56-45(65)32-74-15;/h17-19,21-22,24-27,33-36,38,42-43,47-51H,16,20,23,28-32H2,1-15H3,(H,56,65)(H,57,67)(H,58,68)(H,60,64);1H4/b59-37+;/t35-,36+,38+,42-,43+,47-,48-,49-,50+,51+;/m0./s1. The Labute approximate surface area is 451 Å². The molecule has 2 aromatic carbocycles. The highest BCUT2D eigenvalue weighted by Crippen LogP contribution is 2.31. The molecule has 6 amide bonds. The van der Waals surface area contributed by atoms with Crippen LogP contribution in [0.25, 0.3) is 0 Å². The van der Waals surface area contributed by atoms with Gasteiger partial charge in [0.05, 0.1) is 65.7 Å². The smallest absolute Gasteiger partial charge is 0.338 e. The van der Waals surface area contributed by atoms with E-state index in [1.165, 1.54) is 18.9 Å². The number of carbonyl (C=O) groups is 7. The number of hydrazone groups is 1. The predicted molar refractivity (Wildman–Crippen MR) is 297 cm³/mol. The average Bonchev–Trinajstić information content (AvgIpc) is 3.85. The van der Waals surface area contributed by atoms with Crippen molar-refractivity contribution in [1.29, 1.82) is 0 Å². The molecule has 1 aliphatic heterocycles. The number of likely N-dealkylation sites (tertiary alicyclic amines) is 1. The Bertz CT molecular complexity index is 2170. The second-order valence-electron chi connectivity index (χ2n) is 20.3. The van der Waals surface area contributed by atoms with E-state index >= 15 is 0 Å². The summed E-state index contributed by atoms with van der Waals surface area (Å²) in [4.78, 5) is 99.6. The van der Waals surface area contributed by atoms with Gasteiger partial charge in [-0.15, -0.1) is 0 Å². The number of benzene rings is 2. The molecule has 3 rings (SSSR count). The molecular weight excluding hydrogens is 977 g/mol. The number of thioether (sulfide) groups is 1. The summed E-state index contributed by atoms with van der Waals surface area (Å²) in [7, 11) is 8.49. The SMILES string of the molecule is C.CC[C@H](C)[C@@H]([C@@H](CC(=O)N1CCC[C@H]1[C@H](OC)[C@@H](C)C(=O)N[C@H](C)[C@@H](OC(=O)c1ccc(/C(C)=N/NC(=O)CCNC(=O)CSC)cc1)c1ccccc1)OC)N(C)C(=O)[C@@H](NC(=O)[C@H](C(C)C)N(C)C)C(C)C. The molecule has 4 N–H and O–H groups in total. The summed E-state index contributed by atoms with van der Waals surface area (Å²) in [5.74, 6) is -2.82. The fourth-order valence-electron chi connectivity index (χ4n) is 9.74. The summed E-state index contributed by atoms with van der Waals surface area (Å²) in [6.45, 7) is 17.7. The summed E-state index contributed by atoms with van der Waals surface area (Å²) in [5, 5.41) is 13.0. The van der Waals surface area contributed by atoms with Gasteiger partial charge in [-0.2, -0.15) is 16.9 Å². The Morgan fingerprint density at radius 3 is 2.00 bits per heavy atom. The van der Waals surface area contributed by atoms with Crippen molar-refractivity contribution < 1.29 is 47.8 Å². The van der Waals surface area contributed by atoms with Gasteiger partial charge in [-0.1, -0.05) is 105 Å². The molecule has 2 aromatic rings. The maximum absolute atomic E-state index is 14.5. The molecule has 1 fully saturated rings. The second-order valence-corrected chi connectivity index (χ2v) is 21.2. The summed E-state index contributed by atoms with van der Waals surface area (Å²) < 4.78 is 18.3. The van der Waals surface area contributed by atoms with Crippen LogP contribution >= 0.6 is 11.8 Å². The maximum atomic E-state index is 14.5. The van der Waals surface area contributed by atoms with Crippen LogP contribution < -0.4 is 21.4 Å². The van der Waals surface area contributed by atoms with E-state index in [0.29, 0.717) is 48.4 Å². The van der Waals surface area contributed by atoms with E-state index < -0.39 is 60.4 Å². The van der Waals surface area contributed by atoms with Crippen molar-refractivity contribution in [3.63, 3.8) is 0 Å². The van der Waals surface area contributed by atoms with Gasteiger partial charge in [0.2, 0.25) is 35.4 Å². The van der Waals surface area contributed by atoms with Gasteiger partial charge in [-0.05, 0) is 88.1 Å². The minimum absolute atomic E-state index is 0. The lowest BCUT2D eigenvalue weighted by Gasteiger charge is -2.41. The van der Waals surface area contributed by atoms with Gasteiger partial charge in [0, 0.05) is 40.8 Å². The lowest BCUT2D eigenvalue weighted by Crippen LogP contribution is -2.59. The molecule has 420 valence electrons. The Balaban J connectivity index is 0.0000193. The number of esters is 1. The van der Waals surface area contributed by atoms with Crippen LogP contribution in [0.2, 0.25) is 0 Å². The zero-order valence-electron chi connectivity index (χ0n) is 46.6. The highest BCUT2D eigenvalue weighted by Gasteiger charge is 2.43. The molecule has 10 atom stereocenters. The second kappa shape index (κ2) is 32.3. The third kappa shape index (κ3) is 19.0. The van der Waals surface area contributed by atoms with Gasteiger partial charge in [-0.25, -0.2) is 10.2 Å². The van der Waals surface area contributed by atoms with E-state index in [1.54, 1.807) is 69.0 Å². The number of carbonyl (C=O) groups excluding carboxylic acids is 7. The molecule has 1 heterocycles. The van der Waals surface area contributed by atoms with Crippen LogP contribution in [0.5, 0.6) is 0 Å². The molecule has 18 nitrogen and oxygen atoms in total. The van der Waals surface area contributed by atoms with E-state index in [1.807, 2.05) is 97.1 Å². The molecule has 0 radical (unpaired) electrons. The lowest BCUT2D eigenvalue weighted by atomic mass is 9.89. The van der Waals surface area contributed by atoms with Gasteiger partial charge in [0.15, 0.2) is 0 Å². The molecule has 75 heavy (non-hydrogen) atoms. The van der Waals surface area contributed by atoms with E-state index in [4.69, 9.17) is 14.2 Å². The van der Waals surface area contributed by atoms with Crippen molar-refractivity contribution >= 4 is 58.9 Å². The maximum Gasteiger partial charge on any atom is 0.338 e. The molecule has 0 spiro atoms. The minimum atomic E-state index is -0.884. The van der Waals surface area contributed by atoms with E-state index in [-0.39, 0.29) is 85.6 Å². The number of hydrogen-bond acceptors (Lipinski definition) is 13. The molecule has 0 bridgehead atoms. The van der Waals surface area contributed by atoms with Crippen molar-refractivity contribution in [2.75, 3.05) is 60.5 Å². The van der Waals surface area contributed by atoms with E-state index in [0.717, 1.165) is 0 Å². The zero-order chi connectivity index (χ0) is 55.4. The van der Waals surface area contributed by atoms with Crippen LogP contribution in [0.1, 0.15) is 129 Å².